The lowest BCUT2D eigenvalue weighted by molar-refractivity contribution is 0.0694. The van der Waals surface area contributed by atoms with Crippen molar-refractivity contribution in [2.24, 2.45) is 5.92 Å². The summed E-state index contributed by atoms with van der Waals surface area (Å²) in [6.45, 7) is 7.06. The second-order valence-electron chi connectivity index (χ2n) is 4.92. The molecule has 0 aromatic carbocycles. The maximum Gasteiger partial charge on any atom is 0.339 e. The first-order chi connectivity index (χ1) is 9.08. The highest BCUT2D eigenvalue weighted by Crippen LogP contribution is 2.17. The van der Waals surface area contributed by atoms with Crippen LogP contribution in [0.1, 0.15) is 61.4 Å². The number of rotatable bonds is 9. The number of ether oxygens (including phenoxy) is 1. The molecule has 0 spiro atoms. The summed E-state index contributed by atoms with van der Waals surface area (Å²) in [5.41, 5.74) is 0.219. The van der Waals surface area contributed by atoms with E-state index in [1.165, 1.54) is 19.3 Å². The highest BCUT2D eigenvalue weighted by Gasteiger charge is 2.14. The fraction of sp³-hybridized carbons (Fsp3) is 0.667. The molecule has 0 fully saturated rings. The van der Waals surface area contributed by atoms with Crippen LogP contribution in [-0.4, -0.2) is 17.7 Å². The van der Waals surface area contributed by atoms with Gasteiger partial charge in [0.1, 0.15) is 23.7 Å². The molecule has 1 rings (SSSR count). The Morgan fingerprint density at radius 1 is 1.47 bits per heavy atom. The number of carboxylic acid groups (broad SMARTS) is 1. The number of carboxylic acids is 1. The van der Waals surface area contributed by atoms with Gasteiger partial charge in [-0.05, 0) is 25.3 Å². The van der Waals surface area contributed by atoms with Crippen molar-refractivity contribution in [2.75, 3.05) is 6.61 Å². The molecule has 0 bridgehead atoms. The number of aryl methyl sites for hydroxylation is 1. The SMILES string of the molecule is CCCCC(CC)COCc1cc(C(=O)O)c(C)o1. The van der Waals surface area contributed by atoms with E-state index in [-0.39, 0.29) is 5.56 Å². The van der Waals surface area contributed by atoms with Crippen LogP contribution in [0.15, 0.2) is 10.5 Å². The first-order valence-electron chi connectivity index (χ1n) is 6.98. The maximum atomic E-state index is 10.9. The third-order valence-electron chi connectivity index (χ3n) is 3.34. The highest BCUT2D eigenvalue weighted by atomic mass is 16.5. The lowest BCUT2D eigenvalue weighted by atomic mass is 10.0. The van der Waals surface area contributed by atoms with Gasteiger partial charge < -0.3 is 14.3 Å². The van der Waals surface area contributed by atoms with E-state index in [4.69, 9.17) is 14.3 Å². The zero-order valence-electron chi connectivity index (χ0n) is 12.1. The molecule has 1 heterocycles. The van der Waals surface area contributed by atoms with Crippen LogP contribution < -0.4 is 0 Å². The van der Waals surface area contributed by atoms with Crippen molar-refractivity contribution in [2.45, 2.75) is 53.1 Å². The lowest BCUT2D eigenvalue weighted by Gasteiger charge is -2.13. The highest BCUT2D eigenvalue weighted by molar-refractivity contribution is 5.88. The van der Waals surface area contributed by atoms with E-state index in [2.05, 4.69) is 13.8 Å². The molecule has 108 valence electrons. The van der Waals surface area contributed by atoms with Crippen LogP contribution in [0.25, 0.3) is 0 Å². The minimum atomic E-state index is -0.957. The van der Waals surface area contributed by atoms with Gasteiger partial charge >= 0.3 is 5.97 Å². The van der Waals surface area contributed by atoms with Crippen molar-refractivity contribution >= 4 is 5.97 Å². The van der Waals surface area contributed by atoms with Crippen molar-refractivity contribution in [1.29, 1.82) is 0 Å². The molecule has 4 heteroatoms. The molecule has 1 unspecified atom stereocenters. The number of carbonyl (C=O) groups is 1. The topological polar surface area (TPSA) is 59.7 Å². The fourth-order valence-electron chi connectivity index (χ4n) is 2.05. The van der Waals surface area contributed by atoms with E-state index in [0.29, 0.717) is 30.7 Å². The zero-order chi connectivity index (χ0) is 14.3. The minimum absolute atomic E-state index is 0.219. The van der Waals surface area contributed by atoms with Crippen LogP contribution in [0.5, 0.6) is 0 Å². The normalized spacial score (nSPS) is 12.6. The summed E-state index contributed by atoms with van der Waals surface area (Å²) in [6.07, 6.45) is 4.73. The van der Waals surface area contributed by atoms with Gasteiger partial charge in [0.25, 0.3) is 0 Å². The molecule has 0 aliphatic heterocycles. The number of hydrogen-bond acceptors (Lipinski definition) is 3. The third kappa shape index (κ3) is 5.07. The number of aromatic carboxylic acids is 1. The molecule has 19 heavy (non-hydrogen) atoms. The predicted molar refractivity (Wildman–Crippen MR) is 73.4 cm³/mol. The van der Waals surface area contributed by atoms with Crippen molar-refractivity contribution in [3.05, 3.63) is 23.2 Å². The Labute approximate surface area is 114 Å². The first kappa shape index (κ1) is 15.8. The molecule has 1 atom stereocenters. The van der Waals surface area contributed by atoms with E-state index in [1.54, 1.807) is 13.0 Å². The standard InChI is InChI=1S/C15H24O4/c1-4-6-7-12(5-2)9-18-10-13-8-14(15(16)17)11(3)19-13/h8,12H,4-7,9-10H2,1-3H3,(H,16,17). The molecular formula is C15H24O4. The fourth-order valence-corrected chi connectivity index (χ4v) is 2.05. The summed E-state index contributed by atoms with van der Waals surface area (Å²) in [5, 5.41) is 8.93. The number of hydrogen-bond donors (Lipinski definition) is 1. The summed E-state index contributed by atoms with van der Waals surface area (Å²) in [4.78, 5) is 10.9. The van der Waals surface area contributed by atoms with Gasteiger partial charge in [-0.1, -0.05) is 33.1 Å². The van der Waals surface area contributed by atoms with Crippen LogP contribution in [0.4, 0.5) is 0 Å². The molecule has 0 radical (unpaired) electrons. The summed E-state index contributed by atoms with van der Waals surface area (Å²) < 4.78 is 11.0. The van der Waals surface area contributed by atoms with E-state index < -0.39 is 5.97 Å². The molecule has 4 nitrogen and oxygen atoms in total. The summed E-state index contributed by atoms with van der Waals surface area (Å²) in [6, 6.07) is 1.55. The molecular weight excluding hydrogens is 244 g/mol. The van der Waals surface area contributed by atoms with Gasteiger partial charge in [0.05, 0.1) is 0 Å². The number of furan rings is 1. The van der Waals surface area contributed by atoms with E-state index in [0.717, 1.165) is 6.42 Å². The van der Waals surface area contributed by atoms with E-state index in [9.17, 15) is 4.79 Å². The molecule has 1 N–H and O–H groups in total. The van der Waals surface area contributed by atoms with Gasteiger partial charge in [-0.2, -0.15) is 0 Å². The second kappa shape index (κ2) is 8.00. The Bertz CT molecular complexity index is 395. The minimum Gasteiger partial charge on any atom is -0.478 e. The van der Waals surface area contributed by atoms with Crippen LogP contribution in [0, 0.1) is 12.8 Å². The quantitative estimate of drug-likeness (QED) is 0.734. The summed E-state index contributed by atoms with van der Waals surface area (Å²) in [5.74, 6) is 0.640. The Morgan fingerprint density at radius 2 is 2.21 bits per heavy atom. The summed E-state index contributed by atoms with van der Waals surface area (Å²) in [7, 11) is 0. The van der Waals surface area contributed by atoms with Crippen LogP contribution in [0.2, 0.25) is 0 Å². The molecule has 0 amide bonds. The Balaban J connectivity index is 2.40. The van der Waals surface area contributed by atoms with Gasteiger partial charge in [-0.15, -0.1) is 0 Å². The maximum absolute atomic E-state index is 10.9. The smallest absolute Gasteiger partial charge is 0.339 e. The van der Waals surface area contributed by atoms with Crippen molar-refractivity contribution in [3.8, 4) is 0 Å². The average Bonchev–Trinajstić information content (AvgIpc) is 2.75. The number of unbranched alkanes of at least 4 members (excludes halogenated alkanes) is 1. The Kier molecular flexibility index (Phi) is 6.64. The molecule has 0 saturated heterocycles. The van der Waals surface area contributed by atoms with Crippen molar-refractivity contribution in [3.63, 3.8) is 0 Å². The van der Waals surface area contributed by atoms with E-state index >= 15 is 0 Å². The van der Waals surface area contributed by atoms with Crippen LogP contribution in [-0.2, 0) is 11.3 Å². The van der Waals surface area contributed by atoms with Crippen molar-refractivity contribution in [1.82, 2.24) is 0 Å². The van der Waals surface area contributed by atoms with Gasteiger partial charge in [-0.25, -0.2) is 4.79 Å². The second-order valence-corrected chi connectivity index (χ2v) is 4.92. The van der Waals surface area contributed by atoms with Gasteiger partial charge in [0.2, 0.25) is 0 Å². The lowest BCUT2D eigenvalue weighted by Crippen LogP contribution is -2.08. The van der Waals surface area contributed by atoms with Crippen molar-refractivity contribution < 1.29 is 19.1 Å². The van der Waals surface area contributed by atoms with Gasteiger partial charge in [-0.3, -0.25) is 0 Å². The first-order valence-corrected chi connectivity index (χ1v) is 6.98. The van der Waals surface area contributed by atoms with Crippen LogP contribution >= 0.6 is 0 Å². The van der Waals surface area contributed by atoms with Gasteiger partial charge in [0, 0.05) is 6.61 Å². The zero-order valence-corrected chi connectivity index (χ0v) is 12.1. The predicted octanol–water partition coefficient (Wildman–Crippen LogP) is 4.02. The third-order valence-corrected chi connectivity index (χ3v) is 3.34. The Morgan fingerprint density at radius 3 is 2.74 bits per heavy atom. The molecule has 0 aliphatic rings. The average molecular weight is 268 g/mol. The Hall–Kier alpha value is -1.29. The van der Waals surface area contributed by atoms with E-state index in [1.807, 2.05) is 0 Å². The molecule has 1 aromatic rings. The summed E-state index contributed by atoms with van der Waals surface area (Å²) >= 11 is 0. The molecule has 0 aliphatic carbocycles. The monoisotopic (exact) mass is 268 g/mol. The largest absolute Gasteiger partial charge is 0.478 e. The van der Waals surface area contributed by atoms with Crippen LogP contribution in [0.3, 0.4) is 0 Å². The van der Waals surface area contributed by atoms with Gasteiger partial charge in [0.15, 0.2) is 0 Å². The molecule has 0 saturated carbocycles. The molecule has 1 aromatic heterocycles.